The van der Waals surface area contributed by atoms with Gasteiger partial charge in [-0.15, -0.1) is 11.3 Å². The van der Waals surface area contributed by atoms with Gasteiger partial charge in [-0.3, -0.25) is 5.43 Å². The first-order valence-electron chi connectivity index (χ1n) is 9.21. The Balaban J connectivity index is 1.42. The summed E-state index contributed by atoms with van der Waals surface area (Å²) in [5, 5.41) is 7.24. The van der Waals surface area contributed by atoms with E-state index in [2.05, 4.69) is 38.0 Å². The molecule has 0 spiro atoms. The monoisotopic (exact) mass is 414 g/mol. The maximum Gasteiger partial charge on any atom is 0.159 e. The topological polar surface area (TPSA) is 63.3 Å². The highest BCUT2D eigenvalue weighted by Gasteiger charge is 2.13. The fourth-order valence-corrected chi connectivity index (χ4v) is 4.09. The predicted molar refractivity (Wildman–Crippen MR) is 118 cm³/mol. The Hall–Kier alpha value is -3.84. The molecule has 1 N–H and O–H groups in total. The zero-order valence-corrected chi connectivity index (χ0v) is 16.4. The second-order valence-electron chi connectivity index (χ2n) is 6.47. The van der Waals surface area contributed by atoms with Crippen LogP contribution in [0.2, 0.25) is 0 Å². The van der Waals surface area contributed by atoms with Crippen LogP contribution in [0.5, 0.6) is 0 Å². The van der Waals surface area contributed by atoms with Crippen molar-refractivity contribution in [3.05, 3.63) is 90.0 Å². The van der Waals surface area contributed by atoms with Gasteiger partial charge in [0.25, 0.3) is 0 Å². The number of rotatable bonds is 5. The molecule has 0 amide bonds. The van der Waals surface area contributed by atoms with E-state index >= 15 is 0 Å². The Morgan fingerprint density at radius 1 is 0.933 bits per heavy atom. The number of hydrazone groups is 1. The van der Waals surface area contributed by atoms with E-state index in [1.807, 2.05) is 18.2 Å². The first-order chi connectivity index (χ1) is 14.8. The molecule has 0 unspecified atom stereocenters. The third kappa shape index (κ3) is 3.46. The molecule has 0 aliphatic carbocycles. The van der Waals surface area contributed by atoms with Crippen molar-refractivity contribution in [2.75, 3.05) is 5.43 Å². The molecule has 0 aliphatic rings. The molecule has 0 saturated carbocycles. The number of hydrogen-bond acceptors (Lipinski definition) is 6. The summed E-state index contributed by atoms with van der Waals surface area (Å²) in [6, 6.07) is 20.0. The number of hydrogen-bond donors (Lipinski definition) is 1. The van der Waals surface area contributed by atoms with Crippen molar-refractivity contribution in [3.8, 4) is 22.5 Å². The molecular formula is C23H15FN4OS. The normalized spacial score (nSPS) is 11.4. The van der Waals surface area contributed by atoms with Crippen molar-refractivity contribution in [1.82, 2.24) is 9.97 Å². The lowest BCUT2D eigenvalue weighted by Gasteiger charge is -2.04. The molecule has 0 saturated heterocycles. The van der Waals surface area contributed by atoms with Crippen molar-refractivity contribution < 1.29 is 8.81 Å². The summed E-state index contributed by atoms with van der Waals surface area (Å²) in [5.74, 6) is 1.22. The molecule has 5 aromatic rings. The quantitative estimate of drug-likeness (QED) is 0.275. The lowest BCUT2D eigenvalue weighted by Crippen LogP contribution is -1.95. The maximum absolute atomic E-state index is 13.9. The lowest BCUT2D eigenvalue weighted by molar-refractivity contribution is 0.563. The van der Waals surface area contributed by atoms with E-state index in [1.54, 1.807) is 41.7 Å². The summed E-state index contributed by atoms with van der Waals surface area (Å²) in [6.07, 6.45) is 3.04. The van der Waals surface area contributed by atoms with Crippen LogP contribution in [0.3, 0.4) is 0 Å². The minimum absolute atomic E-state index is 0.331. The Kier molecular flexibility index (Phi) is 4.78. The van der Waals surface area contributed by atoms with E-state index in [9.17, 15) is 4.39 Å². The largest absolute Gasteiger partial charge is 0.455 e. The minimum atomic E-state index is -0.331. The van der Waals surface area contributed by atoms with Crippen molar-refractivity contribution >= 4 is 33.6 Å². The predicted octanol–water partition coefficient (Wildman–Crippen LogP) is 6.20. The van der Waals surface area contributed by atoms with E-state index in [0.29, 0.717) is 22.9 Å². The zero-order valence-electron chi connectivity index (χ0n) is 15.6. The minimum Gasteiger partial charge on any atom is -0.455 e. The van der Waals surface area contributed by atoms with Crippen LogP contribution in [0.25, 0.3) is 32.7 Å². The Bertz CT molecular complexity index is 1340. The second-order valence-corrected chi connectivity index (χ2v) is 7.33. The van der Waals surface area contributed by atoms with Crippen LogP contribution in [0.1, 0.15) is 5.76 Å². The highest BCUT2D eigenvalue weighted by atomic mass is 32.1. The summed E-state index contributed by atoms with van der Waals surface area (Å²) in [6.45, 7) is 0. The molecule has 0 aliphatic heterocycles. The van der Waals surface area contributed by atoms with Crippen molar-refractivity contribution in [3.63, 3.8) is 0 Å². The van der Waals surface area contributed by atoms with E-state index in [4.69, 9.17) is 4.42 Å². The van der Waals surface area contributed by atoms with Crippen LogP contribution in [0, 0.1) is 5.82 Å². The smallest absolute Gasteiger partial charge is 0.159 e. The number of halogens is 1. The molecule has 3 aromatic heterocycles. The zero-order chi connectivity index (χ0) is 20.3. The summed E-state index contributed by atoms with van der Waals surface area (Å²) < 4.78 is 19.6. The second kappa shape index (κ2) is 7.88. The molecule has 5 nitrogen and oxygen atoms in total. The fraction of sp³-hybridized carbons (Fsp3) is 0. The average Bonchev–Trinajstić information content (AvgIpc) is 3.42. The van der Waals surface area contributed by atoms with Crippen LogP contribution in [0.4, 0.5) is 10.2 Å². The van der Waals surface area contributed by atoms with Crippen LogP contribution in [-0.4, -0.2) is 16.2 Å². The van der Waals surface area contributed by atoms with Crippen molar-refractivity contribution in [1.29, 1.82) is 0 Å². The molecule has 0 atom stereocenters. The van der Waals surface area contributed by atoms with E-state index < -0.39 is 0 Å². The van der Waals surface area contributed by atoms with Gasteiger partial charge in [-0.2, -0.15) is 5.10 Å². The van der Waals surface area contributed by atoms with Crippen LogP contribution >= 0.6 is 11.3 Å². The molecule has 2 aromatic carbocycles. The fourth-order valence-electron chi connectivity index (χ4n) is 3.18. The van der Waals surface area contributed by atoms with Crippen LogP contribution in [0.15, 0.2) is 88.0 Å². The summed E-state index contributed by atoms with van der Waals surface area (Å²) in [4.78, 5) is 9.59. The summed E-state index contributed by atoms with van der Waals surface area (Å²) in [7, 11) is 0. The summed E-state index contributed by atoms with van der Waals surface area (Å²) >= 11 is 1.56. The average molecular weight is 414 g/mol. The van der Waals surface area contributed by atoms with Gasteiger partial charge < -0.3 is 4.42 Å². The number of aromatic nitrogens is 2. The van der Waals surface area contributed by atoms with Gasteiger partial charge in [0.1, 0.15) is 28.5 Å². The van der Waals surface area contributed by atoms with Crippen molar-refractivity contribution in [2.24, 2.45) is 5.10 Å². The van der Waals surface area contributed by atoms with Gasteiger partial charge in [-0.05, 0) is 29.8 Å². The van der Waals surface area contributed by atoms with Gasteiger partial charge in [0.15, 0.2) is 5.82 Å². The number of nitrogens with one attached hydrogen (secondary N) is 1. The SMILES string of the molecule is Fc1ccccc1-c1ccc(/C=N\Nc2ncnc3scc(-c4ccccc4)c23)o1. The maximum atomic E-state index is 13.9. The Morgan fingerprint density at radius 3 is 2.63 bits per heavy atom. The number of furan rings is 1. The standard InChI is InChI=1S/C23H15FN4OS/c24-19-9-5-4-8-17(19)20-11-10-16(29-20)12-27-28-22-21-18(15-6-2-1-3-7-15)13-30-23(21)26-14-25-22/h1-14H,(H,25,26,28)/b27-12-. The molecule has 30 heavy (non-hydrogen) atoms. The van der Waals surface area contributed by atoms with Gasteiger partial charge in [-0.25, -0.2) is 14.4 Å². The number of benzene rings is 2. The molecule has 0 bridgehead atoms. The Labute approximate surface area is 175 Å². The number of thiophene rings is 1. The first kappa shape index (κ1) is 18.2. The van der Waals surface area contributed by atoms with Crippen molar-refractivity contribution in [2.45, 2.75) is 0 Å². The Morgan fingerprint density at radius 2 is 1.77 bits per heavy atom. The van der Waals surface area contributed by atoms with Crippen LogP contribution in [-0.2, 0) is 0 Å². The molecule has 0 fully saturated rings. The third-order valence-corrected chi connectivity index (χ3v) is 5.47. The first-order valence-corrected chi connectivity index (χ1v) is 10.1. The van der Waals surface area contributed by atoms with E-state index in [-0.39, 0.29) is 5.82 Å². The molecule has 7 heteroatoms. The van der Waals surface area contributed by atoms with Gasteiger partial charge in [0.05, 0.1) is 17.2 Å². The van der Waals surface area contributed by atoms with Gasteiger partial charge in [-0.1, -0.05) is 42.5 Å². The lowest BCUT2D eigenvalue weighted by atomic mass is 10.1. The van der Waals surface area contributed by atoms with Gasteiger partial charge in [0.2, 0.25) is 0 Å². The highest BCUT2D eigenvalue weighted by Crippen LogP contribution is 2.36. The third-order valence-electron chi connectivity index (χ3n) is 4.58. The highest BCUT2D eigenvalue weighted by molar-refractivity contribution is 7.17. The van der Waals surface area contributed by atoms with Gasteiger partial charge >= 0.3 is 0 Å². The molecule has 146 valence electrons. The van der Waals surface area contributed by atoms with E-state index in [0.717, 1.165) is 21.3 Å². The molecule has 5 rings (SSSR count). The number of fused-ring (bicyclic) bond motifs is 1. The summed E-state index contributed by atoms with van der Waals surface area (Å²) in [5.41, 5.74) is 5.53. The van der Waals surface area contributed by atoms with E-state index in [1.165, 1.54) is 18.6 Å². The van der Waals surface area contributed by atoms with Gasteiger partial charge in [0, 0.05) is 10.9 Å². The molecular weight excluding hydrogens is 399 g/mol. The number of nitrogens with zero attached hydrogens (tertiary/aromatic N) is 3. The number of anilines is 1. The van der Waals surface area contributed by atoms with Crippen LogP contribution < -0.4 is 5.43 Å². The molecule has 0 radical (unpaired) electrons. The molecule has 3 heterocycles.